The van der Waals surface area contributed by atoms with Gasteiger partial charge in [0.1, 0.15) is 0 Å². The highest BCUT2D eigenvalue weighted by atomic mass is 35.5. The number of amides is 2. The van der Waals surface area contributed by atoms with Crippen molar-refractivity contribution in [1.82, 2.24) is 9.80 Å². The minimum absolute atomic E-state index is 0. The highest BCUT2D eigenvalue weighted by Crippen LogP contribution is 2.31. The monoisotopic (exact) mass is 329 g/mol. The topological polar surface area (TPSA) is 66.6 Å². The number of carbonyl (C=O) groups excluding carboxylic acids is 2. The molecular weight excluding hydrogens is 310 g/mol. The Balaban J connectivity index is 0.00000161. The molecule has 3 rings (SSSR count). The molecule has 2 aliphatic rings. The molecule has 1 saturated carbocycles. The second-order valence-electron chi connectivity index (χ2n) is 5.61. The highest BCUT2D eigenvalue weighted by Gasteiger charge is 2.43. The summed E-state index contributed by atoms with van der Waals surface area (Å²) >= 11 is 1.52. The lowest BCUT2D eigenvalue weighted by Gasteiger charge is -2.43. The molecule has 0 bridgehead atoms. The lowest BCUT2D eigenvalue weighted by molar-refractivity contribution is -0.141. The lowest BCUT2D eigenvalue weighted by Crippen LogP contribution is -2.62. The van der Waals surface area contributed by atoms with E-state index in [1.54, 1.807) is 0 Å². The van der Waals surface area contributed by atoms with Gasteiger partial charge in [-0.05, 0) is 30.7 Å². The van der Waals surface area contributed by atoms with Gasteiger partial charge in [0.2, 0.25) is 5.91 Å². The number of carbonyl (C=O) groups is 2. The molecule has 116 valence electrons. The summed E-state index contributed by atoms with van der Waals surface area (Å²) in [5.41, 5.74) is 6.19. The lowest BCUT2D eigenvalue weighted by atomic mass is 9.76. The molecule has 2 N–H and O–H groups in total. The van der Waals surface area contributed by atoms with E-state index < -0.39 is 5.54 Å². The summed E-state index contributed by atoms with van der Waals surface area (Å²) in [6.07, 6.45) is 2.62. The summed E-state index contributed by atoms with van der Waals surface area (Å²) in [6.45, 7) is 2.37. The van der Waals surface area contributed by atoms with Gasteiger partial charge in [-0.3, -0.25) is 9.59 Å². The van der Waals surface area contributed by atoms with Crippen molar-refractivity contribution in [3.05, 3.63) is 22.4 Å². The third-order valence-corrected chi connectivity index (χ3v) is 4.98. The SMILES string of the molecule is Cl.NC1(C(=O)N2CCN(C(=O)c3ccsc3)CC2)CCC1. The van der Waals surface area contributed by atoms with Gasteiger partial charge < -0.3 is 15.5 Å². The Kier molecular flexibility index (Phi) is 4.91. The van der Waals surface area contributed by atoms with Crippen LogP contribution >= 0.6 is 23.7 Å². The summed E-state index contributed by atoms with van der Waals surface area (Å²) in [5, 5.41) is 3.77. The van der Waals surface area contributed by atoms with Crippen molar-refractivity contribution in [2.24, 2.45) is 5.73 Å². The number of hydrogen-bond donors (Lipinski definition) is 1. The van der Waals surface area contributed by atoms with Crippen molar-refractivity contribution in [3.8, 4) is 0 Å². The molecular formula is C14H20ClN3O2S. The molecule has 0 atom stereocenters. The fraction of sp³-hybridized carbons (Fsp3) is 0.571. The van der Waals surface area contributed by atoms with Crippen molar-refractivity contribution in [3.63, 3.8) is 0 Å². The quantitative estimate of drug-likeness (QED) is 0.890. The first-order valence-electron chi connectivity index (χ1n) is 7.00. The van der Waals surface area contributed by atoms with Crippen LogP contribution < -0.4 is 5.73 Å². The maximum atomic E-state index is 12.3. The van der Waals surface area contributed by atoms with Crippen LogP contribution in [0.25, 0.3) is 0 Å². The number of halogens is 1. The van der Waals surface area contributed by atoms with E-state index in [1.807, 2.05) is 26.6 Å². The zero-order valence-corrected chi connectivity index (χ0v) is 13.4. The first-order valence-corrected chi connectivity index (χ1v) is 7.94. The fourth-order valence-electron chi connectivity index (χ4n) is 2.77. The van der Waals surface area contributed by atoms with Crippen LogP contribution in [0.3, 0.4) is 0 Å². The molecule has 5 nitrogen and oxygen atoms in total. The Bertz CT molecular complexity index is 508. The molecule has 2 amide bonds. The molecule has 0 radical (unpaired) electrons. The van der Waals surface area contributed by atoms with Gasteiger partial charge in [-0.2, -0.15) is 11.3 Å². The van der Waals surface area contributed by atoms with Gasteiger partial charge in [-0.15, -0.1) is 12.4 Å². The predicted octanol–water partition coefficient (Wildman–Crippen LogP) is 1.34. The smallest absolute Gasteiger partial charge is 0.254 e. The van der Waals surface area contributed by atoms with Gasteiger partial charge in [0.25, 0.3) is 5.91 Å². The van der Waals surface area contributed by atoms with Crippen LogP contribution in [0.1, 0.15) is 29.6 Å². The van der Waals surface area contributed by atoms with Crippen molar-refractivity contribution < 1.29 is 9.59 Å². The van der Waals surface area contributed by atoms with Crippen molar-refractivity contribution >= 4 is 35.6 Å². The Morgan fingerprint density at radius 2 is 1.76 bits per heavy atom. The number of nitrogens with two attached hydrogens (primary N) is 1. The Hall–Kier alpha value is -1.11. The standard InChI is InChI=1S/C14H19N3O2S.ClH/c15-14(3-1-4-14)13(19)17-7-5-16(6-8-17)12(18)11-2-9-20-10-11;/h2,9-10H,1,3-8,15H2;1H. The average molecular weight is 330 g/mol. The second kappa shape index (κ2) is 6.34. The molecule has 1 aliphatic carbocycles. The molecule has 0 spiro atoms. The van der Waals surface area contributed by atoms with Crippen LogP contribution in [-0.4, -0.2) is 53.3 Å². The summed E-state index contributed by atoms with van der Waals surface area (Å²) < 4.78 is 0. The molecule has 2 heterocycles. The zero-order chi connectivity index (χ0) is 14.2. The fourth-order valence-corrected chi connectivity index (χ4v) is 3.40. The second-order valence-corrected chi connectivity index (χ2v) is 6.39. The maximum Gasteiger partial charge on any atom is 0.254 e. The number of rotatable bonds is 2. The van der Waals surface area contributed by atoms with Crippen LogP contribution in [0, 0.1) is 0 Å². The van der Waals surface area contributed by atoms with Crippen LogP contribution in [0.15, 0.2) is 16.8 Å². The van der Waals surface area contributed by atoms with Gasteiger partial charge >= 0.3 is 0 Å². The van der Waals surface area contributed by atoms with Crippen molar-refractivity contribution in [2.75, 3.05) is 26.2 Å². The van der Waals surface area contributed by atoms with Crippen LogP contribution in [0.4, 0.5) is 0 Å². The molecule has 0 aromatic carbocycles. The Labute approximate surface area is 134 Å². The van der Waals surface area contributed by atoms with E-state index in [0.717, 1.165) is 24.8 Å². The van der Waals surface area contributed by atoms with Gasteiger partial charge in [-0.25, -0.2) is 0 Å². The third kappa shape index (κ3) is 3.07. The van der Waals surface area contributed by atoms with E-state index in [1.165, 1.54) is 11.3 Å². The zero-order valence-electron chi connectivity index (χ0n) is 11.8. The minimum Gasteiger partial charge on any atom is -0.338 e. The molecule has 21 heavy (non-hydrogen) atoms. The van der Waals surface area contributed by atoms with Crippen molar-refractivity contribution in [2.45, 2.75) is 24.8 Å². The summed E-state index contributed by atoms with van der Waals surface area (Å²) in [6, 6.07) is 1.84. The van der Waals surface area contributed by atoms with Crippen LogP contribution in [0.2, 0.25) is 0 Å². The number of thiophene rings is 1. The molecule has 2 fully saturated rings. The van der Waals surface area contributed by atoms with Gasteiger partial charge in [0.15, 0.2) is 0 Å². The predicted molar refractivity (Wildman–Crippen MR) is 84.8 cm³/mol. The number of hydrogen-bond acceptors (Lipinski definition) is 4. The minimum atomic E-state index is -0.625. The third-order valence-electron chi connectivity index (χ3n) is 4.29. The molecule has 1 aliphatic heterocycles. The van der Waals surface area contributed by atoms with Crippen LogP contribution in [0.5, 0.6) is 0 Å². The number of nitrogens with zero attached hydrogens (tertiary/aromatic N) is 2. The summed E-state index contributed by atoms with van der Waals surface area (Å²) in [5.74, 6) is 0.121. The van der Waals surface area contributed by atoms with E-state index in [4.69, 9.17) is 5.73 Å². The first kappa shape index (κ1) is 16.3. The normalized spacial score (nSPS) is 20.4. The van der Waals surface area contributed by atoms with E-state index in [0.29, 0.717) is 26.2 Å². The van der Waals surface area contributed by atoms with E-state index in [9.17, 15) is 9.59 Å². The molecule has 1 saturated heterocycles. The maximum absolute atomic E-state index is 12.3. The van der Waals surface area contributed by atoms with E-state index in [2.05, 4.69) is 0 Å². The highest BCUT2D eigenvalue weighted by molar-refractivity contribution is 7.08. The molecule has 1 aromatic rings. The van der Waals surface area contributed by atoms with Gasteiger partial charge in [0, 0.05) is 31.6 Å². The average Bonchev–Trinajstić information content (AvgIpc) is 2.97. The Morgan fingerprint density at radius 1 is 1.14 bits per heavy atom. The summed E-state index contributed by atoms with van der Waals surface area (Å²) in [7, 11) is 0. The largest absolute Gasteiger partial charge is 0.338 e. The van der Waals surface area contributed by atoms with Gasteiger partial charge in [0.05, 0.1) is 11.1 Å². The van der Waals surface area contributed by atoms with Crippen molar-refractivity contribution in [1.29, 1.82) is 0 Å². The first-order chi connectivity index (χ1) is 9.60. The van der Waals surface area contributed by atoms with E-state index >= 15 is 0 Å². The van der Waals surface area contributed by atoms with Crippen LogP contribution in [-0.2, 0) is 4.79 Å². The number of piperazine rings is 1. The summed E-state index contributed by atoms with van der Waals surface area (Å²) in [4.78, 5) is 28.1. The van der Waals surface area contributed by atoms with Gasteiger partial charge in [-0.1, -0.05) is 0 Å². The molecule has 7 heteroatoms. The molecule has 0 unspecified atom stereocenters. The van der Waals surface area contributed by atoms with E-state index in [-0.39, 0.29) is 24.2 Å². The Morgan fingerprint density at radius 3 is 2.24 bits per heavy atom. The molecule has 1 aromatic heterocycles.